The van der Waals surface area contributed by atoms with Crippen molar-refractivity contribution >= 4 is 39.1 Å². The second kappa shape index (κ2) is 7.37. The number of amides is 1. The molecule has 1 aromatic carbocycles. The van der Waals surface area contributed by atoms with Crippen molar-refractivity contribution in [3.05, 3.63) is 51.3 Å². The largest absolute Gasteiger partial charge is 0.352 e. The molecule has 1 amide bonds. The van der Waals surface area contributed by atoms with Crippen LogP contribution in [-0.4, -0.2) is 21.5 Å². The zero-order valence-corrected chi connectivity index (χ0v) is 15.5. The normalized spacial score (nSPS) is 12.3. The van der Waals surface area contributed by atoms with Gasteiger partial charge in [-0.25, -0.2) is 4.98 Å². The predicted molar refractivity (Wildman–Crippen MR) is 102 cm³/mol. The van der Waals surface area contributed by atoms with E-state index in [0.717, 1.165) is 17.5 Å². The van der Waals surface area contributed by atoms with Crippen molar-refractivity contribution in [2.45, 2.75) is 32.9 Å². The SMILES string of the molecule is CC[C@@H](C)NC(=O)Cn1cnc2scc(-c3ccc(Cl)cc3)c2c1=O. The van der Waals surface area contributed by atoms with Crippen LogP contribution < -0.4 is 10.9 Å². The summed E-state index contributed by atoms with van der Waals surface area (Å²) in [6.07, 6.45) is 2.27. The minimum atomic E-state index is -0.212. The highest BCUT2D eigenvalue weighted by Gasteiger charge is 2.15. The van der Waals surface area contributed by atoms with Gasteiger partial charge in [0, 0.05) is 22.0 Å². The third-order valence-electron chi connectivity index (χ3n) is 4.05. The van der Waals surface area contributed by atoms with Crippen LogP contribution in [0, 0.1) is 0 Å². The number of carbonyl (C=O) groups is 1. The maximum absolute atomic E-state index is 12.9. The molecule has 0 saturated carbocycles. The number of thiophene rings is 1. The van der Waals surface area contributed by atoms with Gasteiger partial charge < -0.3 is 5.32 Å². The zero-order chi connectivity index (χ0) is 18.0. The monoisotopic (exact) mass is 375 g/mol. The summed E-state index contributed by atoms with van der Waals surface area (Å²) in [6, 6.07) is 7.39. The van der Waals surface area contributed by atoms with Crippen molar-refractivity contribution in [1.82, 2.24) is 14.9 Å². The van der Waals surface area contributed by atoms with E-state index in [1.165, 1.54) is 22.2 Å². The number of hydrogen-bond acceptors (Lipinski definition) is 4. The van der Waals surface area contributed by atoms with Gasteiger partial charge in [0.05, 0.1) is 11.7 Å². The van der Waals surface area contributed by atoms with Crippen molar-refractivity contribution in [3.63, 3.8) is 0 Å². The molecule has 130 valence electrons. The Morgan fingerprint density at radius 1 is 1.36 bits per heavy atom. The number of nitrogens with one attached hydrogen (secondary N) is 1. The van der Waals surface area contributed by atoms with Crippen LogP contribution in [0.25, 0.3) is 21.3 Å². The fourth-order valence-electron chi connectivity index (χ4n) is 2.50. The summed E-state index contributed by atoms with van der Waals surface area (Å²) in [4.78, 5) is 29.9. The first-order chi connectivity index (χ1) is 12.0. The standard InChI is InChI=1S/C18H18ClN3O2S/c1-3-11(2)21-15(23)8-22-10-20-17-16(18(22)24)14(9-25-17)12-4-6-13(19)7-5-12/h4-7,9-11H,3,8H2,1-2H3,(H,21,23)/t11-/m1/s1. The van der Waals surface area contributed by atoms with E-state index in [9.17, 15) is 9.59 Å². The lowest BCUT2D eigenvalue weighted by Crippen LogP contribution is -2.37. The fourth-order valence-corrected chi connectivity index (χ4v) is 3.53. The van der Waals surface area contributed by atoms with Crippen LogP contribution in [0.5, 0.6) is 0 Å². The molecule has 0 aliphatic rings. The van der Waals surface area contributed by atoms with Gasteiger partial charge in [-0.3, -0.25) is 14.2 Å². The topological polar surface area (TPSA) is 64.0 Å². The fraction of sp³-hybridized carbons (Fsp3) is 0.278. The molecule has 0 fully saturated rings. The molecule has 0 aliphatic heterocycles. The summed E-state index contributed by atoms with van der Waals surface area (Å²) >= 11 is 7.35. The number of hydrogen-bond donors (Lipinski definition) is 1. The average Bonchev–Trinajstić information content (AvgIpc) is 3.02. The molecule has 0 unspecified atom stereocenters. The second-order valence-corrected chi connectivity index (χ2v) is 7.19. The molecule has 5 nitrogen and oxygen atoms in total. The van der Waals surface area contributed by atoms with Crippen LogP contribution >= 0.6 is 22.9 Å². The smallest absolute Gasteiger partial charge is 0.263 e. The summed E-state index contributed by atoms with van der Waals surface area (Å²) in [5.41, 5.74) is 1.50. The molecule has 25 heavy (non-hydrogen) atoms. The Bertz CT molecular complexity index is 963. The van der Waals surface area contributed by atoms with E-state index in [-0.39, 0.29) is 24.1 Å². The lowest BCUT2D eigenvalue weighted by Gasteiger charge is -2.12. The van der Waals surface area contributed by atoms with Gasteiger partial charge in [0.25, 0.3) is 5.56 Å². The van der Waals surface area contributed by atoms with E-state index >= 15 is 0 Å². The summed E-state index contributed by atoms with van der Waals surface area (Å²) < 4.78 is 1.35. The van der Waals surface area contributed by atoms with Gasteiger partial charge in [0.15, 0.2) is 0 Å². The number of fused-ring (bicyclic) bond motifs is 1. The van der Waals surface area contributed by atoms with E-state index in [1.54, 1.807) is 12.1 Å². The molecule has 0 bridgehead atoms. The van der Waals surface area contributed by atoms with E-state index < -0.39 is 0 Å². The Hall–Kier alpha value is -2.18. The number of halogens is 1. The van der Waals surface area contributed by atoms with Crippen molar-refractivity contribution < 1.29 is 4.79 Å². The highest BCUT2D eigenvalue weighted by Crippen LogP contribution is 2.31. The number of rotatable bonds is 5. The molecule has 0 spiro atoms. The molecule has 7 heteroatoms. The van der Waals surface area contributed by atoms with Gasteiger partial charge in [-0.05, 0) is 31.0 Å². The van der Waals surface area contributed by atoms with Crippen LogP contribution in [0.4, 0.5) is 0 Å². The van der Waals surface area contributed by atoms with E-state index in [0.29, 0.717) is 15.2 Å². The first kappa shape index (κ1) is 17.6. The minimum Gasteiger partial charge on any atom is -0.352 e. The van der Waals surface area contributed by atoms with Crippen molar-refractivity contribution in [2.24, 2.45) is 0 Å². The highest BCUT2D eigenvalue weighted by atomic mass is 35.5. The van der Waals surface area contributed by atoms with E-state index in [2.05, 4.69) is 10.3 Å². The molecule has 0 radical (unpaired) electrons. The molecular formula is C18H18ClN3O2S. The quantitative estimate of drug-likeness (QED) is 0.739. The van der Waals surface area contributed by atoms with Gasteiger partial charge >= 0.3 is 0 Å². The molecule has 2 heterocycles. The maximum atomic E-state index is 12.9. The van der Waals surface area contributed by atoms with E-state index in [4.69, 9.17) is 11.6 Å². The molecule has 2 aromatic heterocycles. The highest BCUT2D eigenvalue weighted by molar-refractivity contribution is 7.17. The molecule has 0 saturated heterocycles. The average molecular weight is 376 g/mol. The number of carbonyl (C=O) groups excluding carboxylic acids is 1. The van der Waals surface area contributed by atoms with Crippen LogP contribution in [0.2, 0.25) is 5.02 Å². The van der Waals surface area contributed by atoms with Gasteiger partial charge in [-0.15, -0.1) is 11.3 Å². The van der Waals surface area contributed by atoms with Crippen molar-refractivity contribution in [3.8, 4) is 11.1 Å². The van der Waals surface area contributed by atoms with E-state index in [1.807, 2.05) is 31.4 Å². The van der Waals surface area contributed by atoms with Gasteiger partial charge in [0.1, 0.15) is 11.4 Å². The maximum Gasteiger partial charge on any atom is 0.263 e. The number of benzene rings is 1. The first-order valence-corrected chi connectivity index (χ1v) is 9.27. The zero-order valence-electron chi connectivity index (χ0n) is 14.0. The Labute approximate surface area is 154 Å². The molecule has 1 atom stereocenters. The lowest BCUT2D eigenvalue weighted by atomic mass is 10.1. The Kier molecular flexibility index (Phi) is 5.20. The first-order valence-electron chi connectivity index (χ1n) is 8.01. The third kappa shape index (κ3) is 3.75. The Balaban J connectivity index is 1.99. The van der Waals surface area contributed by atoms with Gasteiger partial charge in [0.2, 0.25) is 5.91 Å². The van der Waals surface area contributed by atoms with Crippen molar-refractivity contribution in [1.29, 1.82) is 0 Å². The Morgan fingerprint density at radius 2 is 2.08 bits per heavy atom. The summed E-state index contributed by atoms with van der Waals surface area (Å²) in [7, 11) is 0. The lowest BCUT2D eigenvalue weighted by molar-refractivity contribution is -0.122. The minimum absolute atomic E-state index is 0.0397. The summed E-state index contributed by atoms with van der Waals surface area (Å²) in [6.45, 7) is 3.89. The van der Waals surface area contributed by atoms with Gasteiger partial charge in [-0.1, -0.05) is 30.7 Å². The van der Waals surface area contributed by atoms with Crippen molar-refractivity contribution in [2.75, 3.05) is 0 Å². The molecule has 3 rings (SSSR count). The van der Waals surface area contributed by atoms with Crippen LogP contribution in [0.3, 0.4) is 0 Å². The van der Waals surface area contributed by atoms with Crippen LogP contribution in [0.1, 0.15) is 20.3 Å². The third-order valence-corrected chi connectivity index (χ3v) is 5.19. The van der Waals surface area contributed by atoms with Crippen LogP contribution in [-0.2, 0) is 11.3 Å². The second-order valence-electron chi connectivity index (χ2n) is 5.89. The molecular weight excluding hydrogens is 358 g/mol. The Morgan fingerprint density at radius 3 is 2.76 bits per heavy atom. The molecule has 3 aromatic rings. The molecule has 1 N–H and O–H groups in total. The molecule has 0 aliphatic carbocycles. The van der Waals surface area contributed by atoms with Gasteiger partial charge in [-0.2, -0.15) is 0 Å². The number of nitrogens with zero attached hydrogens (tertiary/aromatic N) is 2. The number of aromatic nitrogens is 2. The summed E-state index contributed by atoms with van der Waals surface area (Å²) in [5.74, 6) is -0.194. The van der Waals surface area contributed by atoms with Crippen LogP contribution in [0.15, 0.2) is 40.8 Å². The summed E-state index contributed by atoms with van der Waals surface area (Å²) in [5, 5.41) is 5.94. The predicted octanol–water partition coefficient (Wildman–Crippen LogP) is 3.69.